The molecule has 0 saturated carbocycles. The van der Waals surface area contributed by atoms with Crippen molar-refractivity contribution in [3.8, 4) is 11.3 Å². The van der Waals surface area contributed by atoms with Gasteiger partial charge in [0.05, 0.1) is 5.69 Å². The number of hydrogen-bond acceptors (Lipinski definition) is 6. The minimum absolute atomic E-state index is 0.182. The van der Waals surface area contributed by atoms with Crippen molar-refractivity contribution in [1.82, 2.24) is 25.0 Å². The van der Waals surface area contributed by atoms with Crippen LogP contribution in [-0.2, 0) is 6.54 Å². The lowest BCUT2D eigenvalue weighted by Gasteiger charge is -2.31. The largest absolute Gasteiger partial charge is 0.337 e. The highest BCUT2D eigenvalue weighted by Crippen LogP contribution is 2.21. The van der Waals surface area contributed by atoms with Crippen molar-refractivity contribution >= 4 is 5.91 Å². The Bertz CT molecular complexity index is 1070. The Balaban J connectivity index is 1.42. The van der Waals surface area contributed by atoms with E-state index in [0.29, 0.717) is 31.0 Å². The SMILES string of the molecule is Cc1nonc1C(=O)N1CCC(Cn2nc(-c3ccc(F)cc3)ccc2=O)CC1. The van der Waals surface area contributed by atoms with E-state index in [2.05, 4.69) is 20.0 Å². The van der Waals surface area contributed by atoms with Crippen LogP contribution in [0.3, 0.4) is 0 Å². The van der Waals surface area contributed by atoms with Gasteiger partial charge in [-0.25, -0.2) is 13.7 Å². The van der Waals surface area contributed by atoms with Gasteiger partial charge in [0.25, 0.3) is 11.5 Å². The van der Waals surface area contributed by atoms with Crippen molar-refractivity contribution in [2.24, 2.45) is 5.92 Å². The Labute approximate surface area is 165 Å². The van der Waals surface area contributed by atoms with Crippen LogP contribution >= 0.6 is 0 Å². The molecule has 1 aliphatic heterocycles. The van der Waals surface area contributed by atoms with Crippen LogP contribution in [0.2, 0.25) is 0 Å². The Morgan fingerprint density at radius 2 is 1.86 bits per heavy atom. The van der Waals surface area contributed by atoms with Gasteiger partial charge >= 0.3 is 0 Å². The molecule has 0 bridgehead atoms. The van der Waals surface area contributed by atoms with Crippen molar-refractivity contribution in [3.63, 3.8) is 0 Å². The number of nitrogens with zero attached hydrogens (tertiary/aromatic N) is 5. The lowest BCUT2D eigenvalue weighted by atomic mass is 9.96. The molecule has 0 aliphatic carbocycles. The fourth-order valence-electron chi connectivity index (χ4n) is 3.49. The highest BCUT2D eigenvalue weighted by molar-refractivity contribution is 5.93. The smallest absolute Gasteiger partial charge is 0.278 e. The number of piperidine rings is 1. The molecule has 3 heterocycles. The van der Waals surface area contributed by atoms with Crippen molar-refractivity contribution in [3.05, 3.63) is 64.0 Å². The number of rotatable bonds is 4. The van der Waals surface area contributed by atoms with Gasteiger partial charge in [0.15, 0.2) is 5.69 Å². The lowest BCUT2D eigenvalue weighted by Crippen LogP contribution is -2.40. The van der Waals surface area contributed by atoms with Crippen LogP contribution < -0.4 is 5.56 Å². The highest BCUT2D eigenvalue weighted by atomic mass is 19.1. The van der Waals surface area contributed by atoms with E-state index in [4.69, 9.17) is 0 Å². The van der Waals surface area contributed by atoms with Gasteiger partial charge in [-0.1, -0.05) is 5.16 Å². The van der Waals surface area contributed by atoms with Crippen LogP contribution in [0.15, 0.2) is 45.8 Å². The monoisotopic (exact) mass is 397 g/mol. The summed E-state index contributed by atoms with van der Waals surface area (Å²) in [6.07, 6.45) is 1.51. The molecule has 8 nitrogen and oxygen atoms in total. The van der Waals surface area contributed by atoms with Gasteiger partial charge in [0, 0.05) is 31.3 Å². The number of benzene rings is 1. The maximum Gasteiger partial charge on any atom is 0.278 e. The maximum absolute atomic E-state index is 13.1. The molecule has 0 unspecified atom stereocenters. The Kier molecular flexibility index (Phi) is 5.20. The summed E-state index contributed by atoms with van der Waals surface area (Å²) < 4.78 is 19.2. The average molecular weight is 397 g/mol. The summed E-state index contributed by atoms with van der Waals surface area (Å²) in [6, 6.07) is 9.12. The second-order valence-electron chi connectivity index (χ2n) is 7.18. The van der Waals surface area contributed by atoms with E-state index in [0.717, 1.165) is 18.4 Å². The molecule has 0 N–H and O–H groups in total. The van der Waals surface area contributed by atoms with E-state index in [1.807, 2.05) is 0 Å². The molecule has 1 fully saturated rings. The van der Waals surface area contributed by atoms with Gasteiger partial charge in [-0.2, -0.15) is 5.10 Å². The number of carbonyl (C=O) groups is 1. The van der Waals surface area contributed by atoms with Crippen molar-refractivity contribution in [1.29, 1.82) is 0 Å². The summed E-state index contributed by atoms with van der Waals surface area (Å²) in [4.78, 5) is 26.5. The van der Waals surface area contributed by atoms with Gasteiger partial charge in [-0.05, 0) is 61.2 Å². The quantitative estimate of drug-likeness (QED) is 0.671. The van der Waals surface area contributed by atoms with E-state index < -0.39 is 0 Å². The van der Waals surface area contributed by atoms with Gasteiger partial charge < -0.3 is 4.90 Å². The minimum Gasteiger partial charge on any atom is -0.337 e. The molecule has 0 atom stereocenters. The fourth-order valence-corrected chi connectivity index (χ4v) is 3.49. The first-order valence-electron chi connectivity index (χ1n) is 9.44. The summed E-state index contributed by atoms with van der Waals surface area (Å²) >= 11 is 0. The van der Waals surface area contributed by atoms with E-state index in [1.54, 1.807) is 30.0 Å². The third-order valence-electron chi connectivity index (χ3n) is 5.19. The van der Waals surface area contributed by atoms with Crippen molar-refractivity contribution in [2.45, 2.75) is 26.3 Å². The first-order chi connectivity index (χ1) is 14.0. The summed E-state index contributed by atoms with van der Waals surface area (Å²) in [6.45, 7) is 3.30. The van der Waals surface area contributed by atoms with Gasteiger partial charge in [0.2, 0.25) is 0 Å². The number of aromatic nitrogens is 4. The van der Waals surface area contributed by atoms with Crippen LogP contribution in [-0.4, -0.2) is 44.0 Å². The number of likely N-dealkylation sites (tertiary alicyclic amines) is 1. The maximum atomic E-state index is 13.1. The number of amides is 1. The standard InChI is InChI=1S/C20H20FN5O3/c1-13-19(24-29-23-13)20(28)25-10-8-14(9-11-25)12-26-18(27)7-6-17(22-26)15-2-4-16(21)5-3-15/h2-7,14H,8-12H2,1H3. The molecule has 150 valence electrons. The molecule has 1 saturated heterocycles. The molecule has 0 spiro atoms. The number of aryl methyl sites for hydroxylation is 1. The Morgan fingerprint density at radius 3 is 2.52 bits per heavy atom. The summed E-state index contributed by atoms with van der Waals surface area (Å²) in [5.74, 6) is -0.278. The van der Waals surface area contributed by atoms with Gasteiger partial charge in [-0.3, -0.25) is 9.59 Å². The first-order valence-corrected chi connectivity index (χ1v) is 9.44. The number of halogens is 1. The first kappa shape index (κ1) is 19.0. The molecule has 1 aliphatic rings. The van der Waals surface area contributed by atoms with Gasteiger partial charge in [-0.15, -0.1) is 0 Å². The zero-order valence-electron chi connectivity index (χ0n) is 15.9. The molecular weight excluding hydrogens is 377 g/mol. The van der Waals surface area contributed by atoms with Crippen molar-refractivity contribution < 1.29 is 13.8 Å². The summed E-state index contributed by atoms with van der Waals surface area (Å²) in [5, 5.41) is 11.8. The Morgan fingerprint density at radius 1 is 1.14 bits per heavy atom. The summed E-state index contributed by atoms with van der Waals surface area (Å²) in [7, 11) is 0. The molecule has 2 aromatic heterocycles. The normalized spacial score (nSPS) is 14.9. The third-order valence-corrected chi connectivity index (χ3v) is 5.19. The van der Waals surface area contributed by atoms with Crippen LogP contribution in [0.1, 0.15) is 29.0 Å². The molecule has 29 heavy (non-hydrogen) atoms. The van der Waals surface area contributed by atoms with Gasteiger partial charge in [0.1, 0.15) is 11.5 Å². The third kappa shape index (κ3) is 4.08. The summed E-state index contributed by atoms with van der Waals surface area (Å²) in [5.41, 5.74) is 1.90. The van der Waals surface area contributed by atoms with E-state index >= 15 is 0 Å². The molecule has 9 heteroatoms. The lowest BCUT2D eigenvalue weighted by molar-refractivity contribution is 0.0669. The number of hydrogen-bond donors (Lipinski definition) is 0. The van der Waals surface area contributed by atoms with Crippen molar-refractivity contribution in [2.75, 3.05) is 13.1 Å². The molecular formula is C20H20FN5O3. The predicted molar refractivity (Wildman–Crippen MR) is 102 cm³/mol. The molecule has 4 rings (SSSR count). The fraction of sp³-hybridized carbons (Fsp3) is 0.350. The van der Waals surface area contributed by atoms with Crippen LogP contribution in [0, 0.1) is 18.7 Å². The molecule has 3 aromatic rings. The second kappa shape index (κ2) is 7.94. The predicted octanol–water partition coefficient (Wildman–Crippen LogP) is 2.29. The Hall–Kier alpha value is -3.36. The van der Waals surface area contributed by atoms with Crippen LogP contribution in [0.5, 0.6) is 0 Å². The number of carbonyl (C=O) groups excluding carboxylic acids is 1. The second-order valence-corrected chi connectivity index (χ2v) is 7.18. The van der Waals surface area contributed by atoms with E-state index in [1.165, 1.54) is 22.9 Å². The van der Waals surface area contributed by atoms with Crippen LogP contribution in [0.4, 0.5) is 4.39 Å². The highest BCUT2D eigenvalue weighted by Gasteiger charge is 2.27. The molecule has 1 aromatic carbocycles. The molecule has 1 amide bonds. The van der Waals surface area contributed by atoms with Crippen LogP contribution in [0.25, 0.3) is 11.3 Å². The topological polar surface area (TPSA) is 94.1 Å². The minimum atomic E-state index is -0.319. The van der Waals surface area contributed by atoms with E-state index in [-0.39, 0.29) is 28.9 Å². The zero-order valence-corrected chi connectivity index (χ0v) is 15.9. The average Bonchev–Trinajstić information content (AvgIpc) is 3.16. The zero-order chi connectivity index (χ0) is 20.4. The molecule has 0 radical (unpaired) electrons. The van der Waals surface area contributed by atoms with E-state index in [9.17, 15) is 14.0 Å².